The van der Waals surface area contributed by atoms with Crippen molar-refractivity contribution in [1.82, 2.24) is 25.1 Å². The van der Waals surface area contributed by atoms with Crippen molar-refractivity contribution in [1.29, 1.82) is 0 Å². The second kappa shape index (κ2) is 8.53. The number of aliphatic hydroxyl groups is 1. The molecule has 2 atom stereocenters. The maximum Gasteiger partial charge on any atom is 0.317 e. The quantitative estimate of drug-likeness (QED) is 0.621. The first-order valence-electron chi connectivity index (χ1n) is 12.6. The maximum atomic E-state index is 13.1. The topological polar surface area (TPSA) is 109 Å². The van der Waals surface area contributed by atoms with E-state index in [0.717, 1.165) is 43.1 Å². The van der Waals surface area contributed by atoms with Gasteiger partial charge in [-0.15, -0.1) is 0 Å². The number of amides is 3. The number of nitrogens with one attached hydrogen (secondary N) is 2. The van der Waals surface area contributed by atoms with Crippen LogP contribution in [-0.4, -0.2) is 76.0 Å². The van der Waals surface area contributed by atoms with E-state index in [9.17, 15) is 14.7 Å². The van der Waals surface area contributed by atoms with Crippen molar-refractivity contribution < 1.29 is 19.4 Å². The lowest BCUT2D eigenvalue weighted by atomic mass is 9.52. The van der Waals surface area contributed by atoms with Gasteiger partial charge in [-0.05, 0) is 68.1 Å². The van der Waals surface area contributed by atoms with Crippen LogP contribution >= 0.6 is 0 Å². The van der Waals surface area contributed by atoms with Gasteiger partial charge in [0.1, 0.15) is 0 Å². The maximum absolute atomic E-state index is 13.1. The fourth-order valence-corrected chi connectivity index (χ4v) is 7.00. The molecule has 7 rings (SSSR count). The minimum Gasteiger partial charge on any atom is -0.390 e. The van der Waals surface area contributed by atoms with Gasteiger partial charge < -0.3 is 29.9 Å². The molecule has 3 amide bonds. The van der Waals surface area contributed by atoms with E-state index in [1.807, 2.05) is 22.8 Å². The van der Waals surface area contributed by atoms with Gasteiger partial charge in [0.2, 0.25) is 0 Å². The van der Waals surface area contributed by atoms with Gasteiger partial charge in [-0.2, -0.15) is 0 Å². The van der Waals surface area contributed by atoms with Gasteiger partial charge in [-0.3, -0.25) is 4.79 Å². The highest BCUT2D eigenvalue weighted by molar-refractivity contribution is 5.97. The predicted molar refractivity (Wildman–Crippen MR) is 125 cm³/mol. The predicted octanol–water partition coefficient (Wildman–Crippen LogP) is 1.75. The molecule has 0 spiro atoms. The van der Waals surface area contributed by atoms with Crippen LogP contribution in [0.4, 0.5) is 4.79 Å². The molecule has 4 aliphatic carbocycles. The number of imidazole rings is 1. The third-order valence-corrected chi connectivity index (χ3v) is 8.35. The fraction of sp³-hybridized carbons (Fsp3) is 0.640. The van der Waals surface area contributed by atoms with Crippen molar-refractivity contribution in [2.45, 2.75) is 50.3 Å². The van der Waals surface area contributed by atoms with Crippen LogP contribution in [0.15, 0.2) is 24.5 Å². The summed E-state index contributed by atoms with van der Waals surface area (Å²) in [6.07, 6.45) is 6.57. The summed E-state index contributed by atoms with van der Waals surface area (Å²) in [6.45, 7) is 3.51. The lowest BCUT2D eigenvalue weighted by Crippen LogP contribution is -2.61. The average molecular weight is 468 g/mol. The molecule has 2 aromatic rings. The number of nitrogens with zero attached hydrogens (tertiary/aromatic N) is 3. The van der Waals surface area contributed by atoms with E-state index >= 15 is 0 Å². The van der Waals surface area contributed by atoms with E-state index in [4.69, 9.17) is 4.74 Å². The van der Waals surface area contributed by atoms with E-state index < -0.39 is 5.60 Å². The van der Waals surface area contributed by atoms with Gasteiger partial charge >= 0.3 is 6.03 Å². The van der Waals surface area contributed by atoms with Crippen molar-refractivity contribution in [2.75, 3.05) is 32.8 Å². The number of aromatic nitrogens is 2. The molecule has 1 aromatic carbocycles. The molecule has 0 unspecified atom stereocenters. The summed E-state index contributed by atoms with van der Waals surface area (Å²) in [5.41, 5.74) is 1.83. The number of fused-ring (bicyclic) bond motifs is 1. The molecule has 3 N–H and O–H groups in total. The van der Waals surface area contributed by atoms with Crippen molar-refractivity contribution in [2.24, 2.45) is 17.8 Å². The molecule has 182 valence electrons. The number of rotatable bonds is 5. The third kappa shape index (κ3) is 4.05. The molecule has 4 bridgehead atoms. The molecular formula is C25H33N5O4. The first-order valence-corrected chi connectivity index (χ1v) is 12.6. The van der Waals surface area contributed by atoms with Crippen LogP contribution in [0.5, 0.6) is 0 Å². The second-order valence-corrected chi connectivity index (χ2v) is 10.7. The molecular weight excluding hydrogens is 434 g/mol. The van der Waals surface area contributed by atoms with Gasteiger partial charge in [0.05, 0.1) is 36.2 Å². The number of carbonyl (C=O) groups excluding carboxylic acids is 2. The normalized spacial score (nSPS) is 32.2. The Hall–Kier alpha value is -2.65. The van der Waals surface area contributed by atoms with E-state index in [0.29, 0.717) is 62.7 Å². The van der Waals surface area contributed by atoms with Crippen LogP contribution in [0, 0.1) is 17.8 Å². The number of morpholine rings is 1. The first-order chi connectivity index (χ1) is 16.5. The minimum absolute atomic E-state index is 0.0568. The summed E-state index contributed by atoms with van der Waals surface area (Å²) in [5.74, 6) is 1.33. The van der Waals surface area contributed by atoms with Crippen molar-refractivity contribution >= 4 is 23.0 Å². The average Bonchev–Trinajstić information content (AvgIpc) is 3.23. The van der Waals surface area contributed by atoms with Crippen LogP contribution in [0.25, 0.3) is 11.0 Å². The van der Waals surface area contributed by atoms with Crippen LogP contribution in [0.1, 0.15) is 42.5 Å². The van der Waals surface area contributed by atoms with E-state index in [2.05, 4.69) is 15.6 Å². The van der Waals surface area contributed by atoms with Gasteiger partial charge in [0.15, 0.2) is 0 Å². The van der Waals surface area contributed by atoms with Crippen LogP contribution in [0.3, 0.4) is 0 Å². The summed E-state index contributed by atoms with van der Waals surface area (Å²) in [4.78, 5) is 31.6. The van der Waals surface area contributed by atoms with Gasteiger partial charge in [0.25, 0.3) is 5.91 Å². The Morgan fingerprint density at radius 1 is 1.15 bits per heavy atom. The highest BCUT2D eigenvalue weighted by atomic mass is 16.5. The molecule has 5 fully saturated rings. The fourth-order valence-electron chi connectivity index (χ4n) is 7.00. The minimum atomic E-state index is -0.495. The smallest absolute Gasteiger partial charge is 0.317 e. The number of urea groups is 1. The summed E-state index contributed by atoms with van der Waals surface area (Å²) in [7, 11) is 0. The Morgan fingerprint density at radius 3 is 2.65 bits per heavy atom. The Labute approximate surface area is 198 Å². The standard InChI is InChI=1S/C25H33N5O4/c31-23(28-22-18-9-16-10-19(22)14-25(33,12-16)13-18)17-1-2-21-20(11-17)27-15-30(21)4-3-26-24(32)29-5-7-34-8-6-29/h1-2,11,15-16,18-19,22,33H,3-10,12-14H2,(H,26,32)(H,28,31)/t16?,18-,19-,22?,25?/m0/s1. The Morgan fingerprint density at radius 2 is 1.91 bits per heavy atom. The molecule has 9 nitrogen and oxygen atoms in total. The number of hydrogen-bond acceptors (Lipinski definition) is 5. The zero-order valence-corrected chi connectivity index (χ0v) is 19.4. The molecule has 1 aliphatic heterocycles. The Bertz CT molecular complexity index is 1080. The Balaban J connectivity index is 1.07. The lowest BCUT2D eigenvalue weighted by Gasteiger charge is -2.58. The highest BCUT2D eigenvalue weighted by Gasteiger charge is 2.55. The van der Waals surface area contributed by atoms with Crippen LogP contribution in [0.2, 0.25) is 0 Å². The Kier molecular flexibility index (Phi) is 5.49. The van der Waals surface area contributed by atoms with Crippen molar-refractivity contribution in [3.63, 3.8) is 0 Å². The molecule has 1 aromatic heterocycles. The molecule has 0 radical (unpaired) electrons. The second-order valence-electron chi connectivity index (χ2n) is 10.7. The summed E-state index contributed by atoms with van der Waals surface area (Å²) < 4.78 is 7.28. The largest absolute Gasteiger partial charge is 0.390 e. The summed E-state index contributed by atoms with van der Waals surface area (Å²) in [5, 5.41) is 17.1. The van der Waals surface area contributed by atoms with E-state index in [1.54, 1.807) is 11.2 Å². The van der Waals surface area contributed by atoms with Gasteiger partial charge in [-0.25, -0.2) is 9.78 Å². The van der Waals surface area contributed by atoms with Crippen molar-refractivity contribution in [3.8, 4) is 0 Å². The van der Waals surface area contributed by atoms with Gasteiger partial charge in [0, 0.05) is 37.8 Å². The molecule has 34 heavy (non-hydrogen) atoms. The molecule has 1 saturated heterocycles. The first kappa shape index (κ1) is 21.9. The molecule has 5 aliphatic rings. The molecule has 2 heterocycles. The lowest BCUT2D eigenvalue weighted by molar-refractivity contribution is -0.136. The highest BCUT2D eigenvalue weighted by Crippen LogP contribution is 2.55. The van der Waals surface area contributed by atoms with E-state index in [1.165, 1.54) is 0 Å². The number of benzene rings is 1. The van der Waals surface area contributed by atoms with Crippen molar-refractivity contribution in [3.05, 3.63) is 30.1 Å². The summed E-state index contributed by atoms with van der Waals surface area (Å²) in [6, 6.07) is 5.72. The zero-order valence-electron chi connectivity index (χ0n) is 19.4. The van der Waals surface area contributed by atoms with Gasteiger partial charge in [-0.1, -0.05) is 0 Å². The monoisotopic (exact) mass is 467 g/mol. The molecule has 4 saturated carbocycles. The summed E-state index contributed by atoms with van der Waals surface area (Å²) >= 11 is 0. The SMILES string of the molecule is O=C(NC1[C@H]2CC3C[C@H]1CC(O)(C3)C2)c1ccc2c(c1)ncn2CCNC(=O)N1CCOCC1. The number of carbonyl (C=O) groups is 2. The zero-order chi connectivity index (χ0) is 23.3. The van der Waals surface area contributed by atoms with Crippen LogP contribution < -0.4 is 10.6 Å². The van der Waals surface area contributed by atoms with Crippen LogP contribution in [-0.2, 0) is 11.3 Å². The number of ether oxygens (including phenoxy) is 1. The number of hydrogen-bond donors (Lipinski definition) is 3. The molecule has 9 heteroatoms. The van der Waals surface area contributed by atoms with E-state index in [-0.39, 0.29) is 18.0 Å². The third-order valence-electron chi connectivity index (χ3n) is 8.35.